The SMILES string of the molecule is Cc1nc2c(c(N3CCCC3)n1)CCN(C(=O)CCc1nc(N)n[nH]1)C2. The number of aromatic nitrogens is 5. The summed E-state index contributed by atoms with van der Waals surface area (Å²) in [7, 11) is 0. The van der Waals surface area contributed by atoms with Gasteiger partial charge < -0.3 is 15.5 Å². The third-order valence-corrected chi connectivity index (χ3v) is 5.04. The van der Waals surface area contributed by atoms with Crippen LogP contribution >= 0.6 is 0 Å². The Labute approximate surface area is 152 Å². The highest BCUT2D eigenvalue weighted by molar-refractivity contribution is 5.76. The molecule has 0 unspecified atom stereocenters. The summed E-state index contributed by atoms with van der Waals surface area (Å²) in [4.78, 5) is 30.2. The Morgan fingerprint density at radius 2 is 2.00 bits per heavy atom. The lowest BCUT2D eigenvalue weighted by atomic mass is 10.0. The van der Waals surface area contributed by atoms with E-state index in [1.807, 2.05) is 11.8 Å². The second kappa shape index (κ2) is 6.89. The zero-order valence-electron chi connectivity index (χ0n) is 15.0. The number of nitrogen functional groups attached to an aromatic ring is 1. The van der Waals surface area contributed by atoms with Crippen molar-refractivity contribution in [2.45, 2.75) is 45.6 Å². The van der Waals surface area contributed by atoms with Gasteiger partial charge in [-0.25, -0.2) is 9.97 Å². The maximum absolute atomic E-state index is 12.6. The highest BCUT2D eigenvalue weighted by atomic mass is 16.2. The lowest BCUT2D eigenvalue weighted by Gasteiger charge is -2.31. The molecular weight excluding hydrogens is 332 g/mol. The minimum Gasteiger partial charge on any atom is -0.367 e. The number of hydrogen-bond donors (Lipinski definition) is 2. The van der Waals surface area contributed by atoms with Gasteiger partial charge in [0.05, 0.1) is 12.2 Å². The first-order valence-electron chi connectivity index (χ1n) is 9.16. The second-order valence-corrected chi connectivity index (χ2v) is 6.92. The summed E-state index contributed by atoms with van der Waals surface area (Å²) in [6, 6.07) is 0. The van der Waals surface area contributed by atoms with Crippen LogP contribution < -0.4 is 10.6 Å². The molecule has 0 atom stereocenters. The van der Waals surface area contributed by atoms with Gasteiger partial charge in [-0.1, -0.05) is 0 Å². The molecule has 138 valence electrons. The number of hydrogen-bond acceptors (Lipinski definition) is 7. The topological polar surface area (TPSA) is 117 Å². The lowest BCUT2D eigenvalue weighted by molar-refractivity contribution is -0.132. The molecule has 1 amide bonds. The van der Waals surface area contributed by atoms with Crippen LogP contribution in [0.1, 0.15) is 42.2 Å². The van der Waals surface area contributed by atoms with Gasteiger partial charge in [0.1, 0.15) is 17.5 Å². The van der Waals surface area contributed by atoms with Crippen LogP contribution in [0.2, 0.25) is 0 Å². The summed E-state index contributed by atoms with van der Waals surface area (Å²) in [5.41, 5.74) is 7.70. The summed E-state index contributed by atoms with van der Waals surface area (Å²) in [5, 5.41) is 6.53. The van der Waals surface area contributed by atoms with Crippen molar-refractivity contribution in [3.05, 3.63) is 22.9 Å². The van der Waals surface area contributed by atoms with Crippen LogP contribution in [0.4, 0.5) is 11.8 Å². The van der Waals surface area contributed by atoms with Crippen molar-refractivity contribution in [1.82, 2.24) is 30.0 Å². The van der Waals surface area contributed by atoms with E-state index in [0.717, 1.165) is 36.8 Å². The van der Waals surface area contributed by atoms with E-state index in [1.165, 1.54) is 18.4 Å². The Balaban J connectivity index is 1.46. The van der Waals surface area contributed by atoms with Crippen molar-refractivity contribution in [2.75, 3.05) is 30.3 Å². The van der Waals surface area contributed by atoms with E-state index >= 15 is 0 Å². The van der Waals surface area contributed by atoms with Gasteiger partial charge in [0.25, 0.3) is 0 Å². The molecule has 26 heavy (non-hydrogen) atoms. The zero-order valence-corrected chi connectivity index (χ0v) is 15.0. The van der Waals surface area contributed by atoms with Gasteiger partial charge in [-0.15, -0.1) is 5.10 Å². The largest absolute Gasteiger partial charge is 0.367 e. The van der Waals surface area contributed by atoms with E-state index in [2.05, 4.69) is 25.1 Å². The maximum Gasteiger partial charge on any atom is 0.239 e. The molecule has 0 radical (unpaired) electrons. The Bertz CT molecular complexity index is 811. The molecule has 0 spiro atoms. The van der Waals surface area contributed by atoms with Crippen molar-refractivity contribution in [3.63, 3.8) is 0 Å². The molecule has 9 nitrogen and oxygen atoms in total. The summed E-state index contributed by atoms with van der Waals surface area (Å²) >= 11 is 0. The highest BCUT2D eigenvalue weighted by Gasteiger charge is 2.27. The van der Waals surface area contributed by atoms with Crippen LogP contribution in [0.25, 0.3) is 0 Å². The first-order valence-corrected chi connectivity index (χ1v) is 9.16. The van der Waals surface area contributed by atoms with Gasteiger partial charge in [0, 0.05) is 38.0 Å². The van der Waals surface area contributed by atoms with E-state index in [-0.39, 0.29) is 11.9 Å². The fourth-order valence-electron chi connectivity index (χ4n) is 3.74. The van der Waals surface area contributed by atoms with Crippen molar-refractivity contribution in [1.29, 1.82) is 0 Å². The Morgan fingerprint density at radius 1 is 1.19 bits per heavy atom. The number of aromatic amines is 1. The summed E-state index contributed by atoms with van der Waals surface area (Å²) in [6.07, 6.45) is 4.13. The molecular formula is C17H24N8O. The fraction of sp³-hybridized carbons (Fsp3) is 0.588. The Kier molecular flexibility index (Phi) is 4.44. The average Bonchev–Trinajstić information content (AvgIpc) is 3.30. The molecule has 1 saturated heterocycles. The van der Waals surface area contributed by atoms with Crippen molar-refractivity contribution in [2.24, 2.45) is 0 Å². The van der Waals surface area contributed by atoms with Gasteiger partial charge >= 0.3 is 0 Å². The van der Waals surface area contributed by atoms with Crippen LogP contribution in [-0.2, 0) is 24.2 Å². The second-order valence-electron chi connectivity index (χ2n) is 6.92. The van der Waals surface area contributed by atoms with Crippen LogP contribution in [-0.4, -0.2) is 55.6 Å². The van der Waals surface area contributed by atoms with Gasteiger partial charge in [0.2, 0.25) is 11.9 Å². The van der Waals surface area contributed by atoms with Gasteiger partial charge in [-0.05, 0) is 26.2 Å². The molecule has 4 heterocycles. The number of fused-ring (bicyclic) bond motifs is 1. The first-order chi connectivity index (χ1) is 12.6. The molecule has 0 aromatic carbocycles. The van der Waals surface area contributed by atoms with E-state index in [4.69, 9.17) is 10.7 Å². The molecule has 0 bridgehead atoms. The van der Waals surface area contributed by atoms with Crippen molar-refractivity contribution in [3.8, 4) is 0 Å². The Hall–Kier alpha value is -2.71. The molecule has 4 rings (SSSR count). The van der Waals surface area contributed by atoms with E-state index in [0.29, 0.717) is 31.8 Å². The number of nitrogens with one attached hydrogen (secondary N) is 1. The fourth-order valence-corrected chi connectivity index (χ4v) is 3.74. The highest BCUT2D eigenvalue weighted by Crippen LogP contribution is 2.29. The van der Waals surface area contributed by atoms with Crippen LogP contribution in [0.5, 0.6) is 0 Å². The summed E-state index contributed by atoms with van der Waals surface area (Å²) in [6.45, 7) is 5.31. The average molecular weight is 356 g/mol. The molecule has 1 fully saturated rings. The van der Waals surface area contributed by atoms with E-state index in [1.54, 1.807) is 0 Å². The molecule has 2 aromatic rings. The maximum atomic E-state index is 12.6. The smallest absolute Gasteiger partial charge is 0.239 e. The summed E-state index contributed by atoms with van der Waals surface area (Å²) in [5.74, 6) is 2.81. The number of rotatable bonds is 4. The lowest BCUT2D eigenvalue weighted by Crippen LogP contribution is -2.38. The monoisotopic (exact) mass is 356 g/mol. The number of H-pyrrole nitrogens is 1. The van der Waals surface area contributed by atoms with Crippen molar-refractivity contribution >= 4 is 17.7 Å². The molecule has 2 aromatic heterocycles. The zero-order chi connectivity index (χ0) is 18.1. The number of nitrogens with two attached hydrogens (primary N) is 1. The number of carbonyl (C=O) groups excluding carboxylic acids is 1. The molecule has 2 aliphatic heterocycles. The quantitative estimate of drug-likeness (QED) is 0.824. The minimum atomic E-state index is 0.101. The molecule has 0 saturated carbocycles. The molecule has 0 aliphatic carbocycles. The predicted octanol–water partition coefficient (Wildman–Crippen LogP) is 0.603. The number of nitrogens with zero attached hydrogens (tertiary/aromatic N) is 6. The minimum absolute atomic E-state index is 0.101. The number of anilines is 2. The van der Waals surface area contributed by atoms with E-state index in [9.17, 15) is 4.79 Å². The third-order valence-electron chi connectivity index (χ3n) is 5.04. The van der Waals surface area contributed by atoms with E-state index < -0.39 is 0 Å². The van der Waals surface area contributed by atoms with Gasteiger partial charge in [-0.3, -0.25) is 9.89 Å². The number of aryl methyl sites for hydroxylation is 2. The third kappa shape index (κ3) is 3.33. The van der Waals surface area contributed by atoms with Gasteiger partial charge in [-0.2, -0.15) is 4.98 Å². The van der Waals surface area contributed by atoms with Crippen LogP contribution in [0.3, 0.4) is 0 Å². The number of carbonyl (C=O) groups is 1. The summed E-state index contributed by atoms with van der Waals surface area (Å²) < 4.78 is 0. The first kappa shape index (κ1) is 16.7. The predicted molar refractivity (Wildman–Crippen MR) is 96.5 cm³/mol. The standard InChI is InChI=1S/C17H24N8O/c1-11-19-13-10-25(15(26)5-4-14-21-17(18)23-22-14)9-6-12(13)16(20-11)24-7-2-3-8-24/h2-10H2,1H3,(H3,18,21,22,23). The van der Waals surface area contributed by atoms with Crippen LogP contribution in [0, 0.1) is 6.92 Å². The molecule has 2 aliphatic rings. The van der Waals surface area contributed by atoms with Crippen LogP contribution in [0.15, 0.2) is 0 Å². The Morgan fingerprint density at radius 3 is 2.73 bits per heavy atom. The molecule has 9 heteroatoms. The van der Waals surface area contributed by atoms with Gasteiger partial charge in [0.15, 0.2) is 0 Å². The normalized spacial score (nSPS) is 16.8. The van der Waals surface area contributed by atoms with Crippen molar-refractivity contribution < 1.29 is 4.79 Å². The molecule has 3 N–H and O–H groups in total. The number of amides is 1.